The van der Waals surface area contributed by atoms with E-state index in [1.807, 2.05) is 30.5 Å². The molecule has 1 aromatic carbocycles. The van der Waals surface area contributed by atoms with Crippen LogP contribution in [-0.2, 0) is 11.2 Å². The van der Waals surface area contributed by atoms with Crippen molar-refractivity contribution < 1.29 is 9.90 Å². The number of allylic oxidation sites excluding steroid dienone is 2. The van der Waals surface area contributed by atoms with Gasteiger partial charge in [-0.25, -0.2) is 0 Å². The second-order valence-electron chi connectivity index (χ2n) is 9.35. The molecule has 0 saturated carbocycles. The van der Waals surface area contributed by atoms with E-state index in [2.05, 4.69) is 29.4 Å². The van der Waals surface area contributed by atoms with E-state index in [1.54, 1.807) is 0 Å². The van der Waals surface area contributed by atoms with Crippen LogP contribution in [-0.4, -0.2) is 28.6 Å². The molecule has 1 heterocycles. The standard InChI is InChI=1S/C29H46N2O2/c1-2-3-4-5-6-7-8-9-10-11-12-13-14-15-16-19-22-30-28(29(32)33)23-25-24-31-27-21-18-17-20-26(25)27/h9-10,17-18,20-21,24,28,30-31H,2-8,11-16,19,22-23H2,1H3,(H,32,33)/t28-/m0/s1. The summed E-state index contributed by atoms with van der Waals surface area (Å²) in [4.78, 5) is 14.9. The normalized spacial score (nSPS) is 12.6. The Bertz CT molecular complexity index is 796. The molecule has 2 aromatic rings. The van der Waals surface area contributed by atoms with Gasteiger partial charge in [-0.2, -0.15) is 0 Å². The van der Waals surface area contributed by atoms with Crippen molar-refractivity contribution in [3.63, 3.8) is 0 Å². The average Bonchev–Trinajstić information content (AvgIpc) is 3.23. The molecule has 1 aromatic heterocycles. The number of carbonyl (C=O) groups is 1. The van der Waals surface area contributed by atoms with Crippen LogP contribution in [0.4, 0.5) is 0 Å². The summed E-state index contributed by atoms with van der Waals surface area (Å²) in [5.74, 6) is -0.773. The Morgan fingerprint density at radius 1 is 0.909 bits per heavy atom. The van der Waals surface area contributed by atoms with Gasteiger partial charge in [-0.3, -0.25) is 4.79 Å². The van der Waals surface area contributed by atoms with Gasteiger partial charge in [0.2, 0.25) is 0 Å². The van der Waals surface area contributed by atoms with Gasteiger partial charge in [0.15, 0.2) is 0 Å². The molecule has 0 amide bonds. The summed E-state index contributed by atoms with van der Waals surface area (Å²) in [6.45, 7) is 3.03. The van der Waals surface area contributed by atoms with Crippen molar-refractivity contribution in [2.75, 3.05) is 6.54 Å². The second-order valence-corrected chi connectivity index (χ2v) is 9.35. The average molecular weight is 455 g/mol. The van der Waals surface area contributed by atoms with Crippen LogP contribution in [0.15, 0.2) is 42.6 Å². The van der Waals surface area contributed by atoms with E-state index >= 15 is 0 Å². The molecule has 0 aliphatic heterocycles. The fourth-order valence-corrected chi connectivity index (χ4v) is 4.42. The lowest BCUT2D eigenvalue weighted by Crippen LogP contribution is -2.39. The summed E-state index contributed by atoms with van der Waals surface area (Å²) < 4.78 is 0. The minimum atomic E-state index is -0.773. The third-order valence-electron chi connectivity index (χ3n) is 6.48. The molecule has 0 aliphatic carbocycles. The number of rotatable bonds is 20. The maximum Gasteiger partial charge on any atom is 0.321 e. The van der Waals surface area contributed by atoms with Gasteiger partial charge in [-0.05, 0) is 50.3 Å². The molecule has 0 bridgehead atoms. The predicted octanol–water partition coefficient (Wildman–Crippen LogP) is 7.79. The number of para-hydroxylation sites is 1. The highest BCUT2D eigenvalue weighted by molar-refractivity contribution is 5.84. The van der Waals surface area contributed by atoms with Gasteiger partial charge < -0.3 is 15.4 Å². The van der Waals surface area contributed by atoms with E-state index in [4.69, 9.17) is 0 Å². The zero-order valence-corrected chi connectivity index (χ0v) is 20.8. The molecule has 3 N–H and O–H groups in total. The lowest BCUT2D eigenvalue weighted by Gasteiger charge is -2.14. The summed E-state index contributed by atoms with van der Waals surface area (Å²) in [6.07, 6.45) is 25.2. The minimum absolute atomic E-state index is 0.506. The van der Waals surface area contributed by atoms with Crippen LogP contribution in [0.3, 0.4) is 0 Å². The number of carboxylic acids is 1. The van der Waals surface area contributed by atoms with Crippen LogP contribution in [0, 0.1) is 0 Å². The van der Waals surface area contributed by atoms with Crippen LogP contribution in [0.1, 0.15) is 102 Å². The number of H-pyrrole nitrogens is 1. The van der Waals surface area contributed by atoms with Crippen LogP contribution in [0.25, 0.3) is 10.9 Å². The van der Waals surface area contributed by atoms with Crippen LogP contribution >= 0.6 is 0 Å². The second kappa shape index (κ2) is 17.4. The number of nitrogens with one attached hydrogen (secondary N) is 2. The number of unbranched alkanes of at least 4 members (excludes halogenated alkanes) is 12. The molecule has 4 nitrogen and oxygen atoms in total. The summed E-state index contributed by atoms with van der Waals surface area (Å²) >= 11 is 0. The Kier molecular flexibility index (Phi) is 14.3. The minimum Gasteiger partial charge on any atom is -0.480 e. The Hall–Kier alpha value is -2.07. The van der Waals surface area contributed by atoms with Gasteiger partial charge in [0.25, 0.3) is 0 Å². The predicted molar refractivity (Wildman–Crippen MR) is 141 cm³/mol. The smallest absolute Gasteiger partial charge is 0.321 e. The SMILES string of the molecule is CCCCCCCCC=CCCCCCCCCN[C@@H](Cc1c[nH]c2ccccc12)C(=O)O. The third-order valence-corrected chi connectivity index (χ3v) is 6.48. The fraction of sp³-hybridized carbons (Fsp3) is 0.621. The Labute approximate surface area is 201 Å². The van der Waals surface area contributed by atoms with Gasteiger partial charge in [0.05, 0.1) is 0 Å². The van der Waals surface area contributed by atoms with E-state index in [9.17, 15) is 9.90 Å². The topological polar surface area (TPSA) is 65.1 Å². The summed E-state index contributed by atoms with van der Waals surface area (Å²) in [6, 6.07) is 7.52. The fourth-order valence-electron chi connectivity index (χ4n) is 4.42. The van der Waals surface area contributed by atoms with Gasteiger partial charge in [-0.15, -0.1) is 0 Å². The summed E-state index contributed by atoms with van der Waals surface area (Å²) in [7, 11) is 0. The molecule has 0 radical (unpaired) electrons. The van der Waals surface area contributed by atoms with Crippen molar-refractivity contribution in [3.8, 4) is 0 Å². The first-order valence-electron chi connectivity index (χ1n) is 13.4. The third kappa shape index (κ3) is 11.6. The van der Waals surface area contributed by atoms with Crippen molar-refractivity contribution >= 4 is 16.9 Å². The van der Waals surface area contributed by atoms with E-state index in [0.29, 0.717) is 6.42 Å². The van der Waals surface area contributed by atoms with Crippen molar-refractivity contribution in [1.82, 2.24) is 10.3 Å². The van der Waals surface area contributed by atoms with Crippen molar-refractivity contribution in [1.29, 1.82) is 0 Å². The molecule has 0 fully saturated rings. The van der Waals surface area contributed by atoms with Crippen molar-refractivity contribution in [2.45, 2.75) is 109 Å². The number of hydrogen-bond donors (Lipinski definition) is 3. The molecule has 2 rings (SSSR count). The number of aliphatic carboxylic acids is 1. The van der Waals surface area contributed by atoms with E-state index in [1.165, 1.54) is 83.5 Å². The maximum absolute atomic E-state index is 11.7. The first-order chi connectivity index (χ1) is 16.2. The maximum atomic E-state index is 11.7. The first kappa shape index (κ1) is 27.2. The monoisotopic (exact) mass is 454 g/mol. The van der Waals surface area contributed by atoms with Gasteiger partial charge >= 0.3 is 5.97 Å². The number of hydrogen-bond acceptors (Lipinski definition) is 2. The number of benzene rings is 1. The quantitative estimate of drug-likeness (QED) is 0.141. The Morgan fingerprint density at radius 2 is 1.52 bits per heavy atom. The lowest BCUT2D eigenvalue weighted by atomic mass is 10.0. The van der Waals surface area contributed by atoms with Crippen LogP contribution in [0.5, 0.6) is 0 Å². The molecule has 33 heavy (non-hydrogen) atoms. The Morgan fingerprint density at radius 3 is 2.18 bits per heavy atom. The summed E-state index contributed by atoms with van der Waals surface area (Å²) in [5, 5.41) is 14.0. The largest absolute Gasteiger partial charge is 0.480 e. The van der Waals surface area contributed by atoms with E-state index < -0.39 is 12.0 Å². The number of aromatic nitrogens is 1. The van der Waals surface area contributed by atoms with Gasteiger partial charge in [0.1, 0.15) is 6.04 Å². The number of carboxylic acid groups (broad SMARTS) is 1. The molecule has 184 valence electrons. The van der Waals surface area contributed by atoms with Gasteiger partial charge in [0, 0.05) is 23.5 Å². The zero-order chi connectivity index (χ0) is 23.6. The molecule has 0 spiro atoms. The molecule has 0 aliphatic rings. The van der Waals surface area contributed by atoms with E-state index in [-0.39, 0.29) is 0 Å². The van der Waals surface area contributed by atoms with Crippen LogP contribution < -0.4 is 5.32 Å². The number of aromatic amines is 1. The highest BCUT2D eigenvalue weighted by Crippen LogP contribution is 2.19. The molecular formula is C29H46N2O2. The Balaban J connectivity index is 1.45. The lowest BCUT2D eigenvalue weighted by molar-refractivity contribution is -0.139. The summed E-state index contributed by atoms with van der Waals surface area (Å²) in [5.41, 5.74) is 2.12. The zero-order valence-electron chi connectivity index (χ0n) is 20.8. The molecule has 0 saturated heterocycles. The number of fused-ring (bicyclic) bond motifs is 1. The van der Waals surface area contributed by atoms with Crippen molar-refractivity contribution in [2.24, 2.45) is 0 Å². The molecule has 4 heteroatoms. The highest BCUT2D eigenvalue weighted by Gasteiger charge is 2.18. The van der Waals surface area contributed by atoms with Gasteiger partial charge in [-0.1, -0.05) is 95.1 Å². The molecular weight excluding hydrogens is 408 g/mol. The highest BCUT2D eigenvalue weighted by atomic mass is 16.4. The molecule has 1 atom stereocenters. The molecule has 0 unspecified atom stereocenters. The van der Waals surface area contributed by atoms with E-state index in [0.717, 1.165) is 29.4 Å². The first-order valence-corrected chi connectivity index (χ1v) is 13.4. The van der Waals surface area contributed by atoms with Crippen LogP contribution in [0.2, 0.25) is 0 Å². The van der Waals surface area contributed by atoms with Crippen molar-refractivity contribution in [3.05, 3.63) is 48.2 Å².